The van der Waals surface area contributed by atoms with Gasteiger partial charge >= 0.3 is 0 Å². The van der Waals surface area contributed by atoms with Gasteiger partial charge in [0.25, 0.3) is 0 Å². The second-order valence-electron chi connectivity index (χ2n) is 8.56. The summed E-state index contributed by atoms with van der Waals surface area (Å²) in [5.41, 5.74) is 0.365. The van der Waals surface area contributed by atoms with Crippen LogP contribution in [0, 0.1) is 0 Å². The minimum absolute atomic E-state index is 0.0405. The molecule has 0 spiro atoms. The number of nitrogens with zero attached hydrogens (tertiary/aromatic N) is 2. The summed E-state index contributed by atoms with van der Waals surface area (Å²) in [6.45, 7) is 1.81. The van der Waals surface area contributed by atoms with Gasteiger partial charge < -0.3 is 9.84 Å². The molecule has 25 heavy (non-hydrogen) atoms. The van der Waals surface area contributed by atoms with Gasteiger partial charge in [0.05, 0.1) is 11.8 Å². The number of fused-ring (bicyclic) bond motifs is 1. The normalized spacial score (nSPS) is 26.8. The van der Waals surface area contributed by atoms with Gasteiger partial charge in [0.2, 0.25) is 5.91 Å². The quantitative estimate of drug-likeness (QED) is 0.463. The van der Waals surface area contributed by atoms with Crippen LogP contribution in [0.2, 0.25) is 0 Å². The molecule has 1 aromatic heterocycles. The number of anilines is 1. The van der Waals surface area contributed by atoms with Crippen LogP contribution in [0.4, 0.5) is 5.82 Å². The molecule has 1 aliphatic carbocycles. The fraction of sp³-hybridized carbons (Fsp3) is 0.600. The van der Waals surface area contributed by atoms with E-state index >= 15 is 0 Å². The first kappa shape index (κ1) is 18.9. The van der Waals surface area contributed by atoms with Crippen LogP contribution < -0.4 is 9.64 Å². The Bertz CT molecular complexity index is 701. The minimum Gasteiger partial charge on any atom is -0.504 e. The van der Waals surface area contributed by atoms with Crippen LogP contribution in [0.5, 0.6) is 5.75 Å². The highest BCUT2D eigenvalue weighted by Gasteiger charge is 2.45. The van der Waals surface area contributed by atoms with Gasteiger partial charge in [-0.1, -0.05) is 0 Å². The molecule has 0 aromatic carbocycles. The summed E-state index contributed by atoms with van der Waals surface area (Å²) in [7, 11) is 8.21. The summed E-state index contributed by atoms with van der Waals surface area (Å²) in [6.07, 6.45) is 4.05. The number of amides is 1. The zero-order valence-corrected chi connectivity index (χ0v) is 17.2. The van der Waals surface area contributed by atoms with E-state index in [0.29, 0.717) is 31.4 Å². The lowest BCUT2D eigenvalue weighted by molar-refractivity contribution is -0.121. The van der Waals surface area contributed by atoms with E-state index < -0.39 is 11.0 Å². The SMILES string of the molecule is BC(B)(Br)C(B)(B)Oc1cnc2c(c1)CCC(=O)N2[C@H]1C[C@@](C)(O)C1. The maximum atomic E-state index is 12.4. The largest absolute Gasteiger partial charge is 0.504 e. The molecule has 1 saturated carbocycles. The van der Waals surface area contributed by atoms with E-state index in [0.717, 1.165) is 11.4 Å². The predicted molar refractivity (Wildman–Crippen MR) is 113 cm³/mol. The molecule has 0 radical (unpaired) electrons. The number of aliphatic hydroxyl groups is 1. The number of hydrogen-bond acceptors (Lipinski definition) is 4. The highest BCUT2D eigenvalue weighted by atomic mass is 79.9. The topological polar surface area (TPSA) is 62.7 Å². The lowest BCUT2D eigenvalue weighted by atomic mass is 9.45. The molecule has 10 heteroatoms. The maximum Gasteiger partial charge on any atom is 0.228 e. The van der Waals surface area contributed by atoms with Crippen molar-refractivity contribution >= 4 is 59.0 Å². The predicted octanol–water partition coefficient (Wildman–Crippen LogP) is -2.11. The molecule has 1 fully saturated rings. The number of aryl methyl sites for hydroxylation is 1. The summed E-state index contributed by atoms with van der Waals surface area (Å²) in [5, 5.41) is 9.60. The Hall–Kier alpha value is -0.880. The molecule has 0 saturated heterocycles. The molecule has 2 aliphatic rings. The minimum atomic E-state index is -0.670. The summed E-state index contributed by atoms with van der Waals surface area (Å²) >= 11 is 3.67. The lowest BCUT2D eigenvalue weighted by Crippen LogP contribution is -2.57. The Morgan fingerprint density at radius 3 is 2.56 bits per heavy atom. The average Bonchev–Trinajstić information content (AvgIpc) is 2.43. The van der Waals surface area contributed by atoms with Crippen LogP contribution in [0.25, 0.3) is 0 Å². The van der Waals surface area contributed by atoms with Crippen molar-refractivity contribution in [2.24, 2.45) is 0 Å². The van der Waals surface area contributed by atoms with Crippen LogP contribution >= 0.6 is 15.9 Å². The number of pyridine rings is 1. The Labute approximate surface area is 161 Å². The summed E-state index contributed by atoms with van der Waals surface area (Å²) in [4.78, 5) is 18.7. The van der Waals surface area contributed by atoms with Crippen LogP contribution in [-0.4, -0.2) is 68.5 Å². The molecule has 1 N–H and O–H groups in total. The third-order valence-corrected chi connectivity index (χ3v) is 6.50. The third-order valence-electron chi connectivity index (χ3n) is 5.54. The van der Waals surface area contributed by atoms with Crippen molar-refractivity contribution in [2.75, 3.05) is 4.90 Å². The zero-order valence-electron chi connectivity index (χ0n) is 15.6. The Kier molecular flexibility index (Phi) is 4.60. The van der Waals surface area contributed by atoms with E-state index in [2.05, 4.69) is 36.6 Å². The zero-order chi connectivity index (χ0) is 18.6. The van der Waals surface area contributed by atoms with Crippen LogP contribution in [-0.2, 0) is 11.2 Å². The number of rotatable bonds is 4. The summed E-state index contributed by atoms with van der Waals surface area (Å²) < 4.78 is 5.98. The van der Waals surface area contributed by atoms with E-state index in [1.165, 1.54) is 0 Å². The van der Waals surface area contributed by atoms with Crippen molar-refractivity contribution in [3.63, 3.8) is 0 Å². The maximum absolute atomic E-state index is 12.4. The molecule has 1 aromatic rings. The Morgan fingerprint density at radius 1 is 1.36 bits per heavy atom. The Balaban J connectivity index is 1.85. The van der Waals surface area contributed by atoms with Crippen molar-refractivity contribution in [2.45, 2.75) is 53.8 Å². The first-order valence-electron chi connectivity index (χ1n) is 8.81. The van der Waals surface area contributed by atoms with E-state index in [4.69, 9.17) is 4.74 Å². The molecule has 0 unspecified atom stereocenters. The van der Waals surface area contributed by atoms with Crippen LogP contribution in [0.15, 0.2) is 12.3 Å². The number of aromatic nitrogens is 1. The number of halogens is 1. The van der Waals surface area contributed by atoms with Gasteiger partial charge in [-0.05, 0) is 41.9 Å². The molecule has 1 aliphatic heterocycles. The van der Waals surface area contributed by atoms with Gasteiger partial charge in [0.1, 0.15) is 43.0 Å². The average molecular weight is 403 g/mol. The number of carbonyl (C=O) groups excluding carboxylic acids is 1. The molecule has 1 amide bonds. The van der Waals surface area contributed by atoms with Gasteiger partial charge in [-0.2, -0.15) is 0 Å². The van der Waals surface area contributed by atoms with Gasteiger partial charge in [-0.15, -0.1) is 15.9 Å². The van der Waals surface area contributed by atoms with Gasteiger partial charge in [-0.3, -0.25) is 9.69 Å². The summed E-state index contributed by atoms with van der Waals surface area (Å²) in [5.74, 6) is 1.53. The van der Waals surface area contributed by atoms with E-state index in [-0.39, 0.29) is 16.1 Å². The molecular weight excluding hydrogens is 379 g/mol. The smallest absolute Gasteiger partial charge is 0.228 e. The number of hydrogen-bond donors (Lipinski definition) is 1. The monoisotopic (exact) mass is 402 g/mol. The van der Waals surface area contributed by atoms with Crippen molar-refractivity contribution in [1.82, 2.24) is 4.98 Å². The van der Waals surface area contributed by atoms with E-state index in [1.54, 1.807) is 11.1 Å². The van der Waals surface area contributed by atoms with E-state index in [9.17, 15) is 9.90 Å². The van der Waals surface area contributed by atoms with Crippen LogP contribution in [0.1, 0.15) is 31.7 Å². The van der Waals surface area contributed by atoms with Gasteiger partial charge in [0.15, 0.2) is 0 Å². The second-order valence-corrected chi connectivity index (χ2v) is 10.5. The van der Waals surface area contributed by atoms with Crippen molar-refractivity contribution in [1.29, 1.82) is 0 Å². The standard InChI is InChI=1S/C15H23B4BrN2O3/c1-13(24)5-9(6-13)22-11(23)3-2-8-4-10(7-21-12(8)22)25-15(18,19)14(16,17)20/h4,7,9,24H,2-3,5-6,16-19H2,1H3/t9-,13+. The molecular formula is C15H23B4BrN2O3. The van der Waals surface area contributed by atoms with Crippen molar-refractivity contribution in [3.8, 4) is 5.75 Å². The second kappa shape index (κ2) is 6.08. The molecule has 3 rings (SSSR count). The number of alkyl halides is 1. The summed E-state index contributed by atoms with van der Waals surface area (Å²) in [6, 6.07) is 2.04. The molecule has 130 valence electrons. The first-order chi connectivity index (χ1) is 11.4. The van der Waals surface area contributed by atoms with Gasteiger partial charge in [0, 0.05) is 17.9 Å². The van der Waals surface area contributed by atoms with Gasteiger partial charge in [-0.25, -0.2) is 4.98 Å². The molecule has 0 bridgehead atoms. The molecule has 2 heterocycles. The highest BCUT2D eigenvalue weighted by molar-refractivity contribution is 9.11. The highest BCUT2D eigenvalue weighted by Crippen LogP contribution is 2.41. The fourth-order valence-corrected chi connectivity index (χ4v) is 3.43. The Morgan fingerprint density at radius 2 is 2.00 bits per heavy atom. The molecule has 0 atom stereocenters. The lowest BCUT2D eigenvalue weighted by Gasteiger charge is -2.47. The first-order valence-corrected chi connectivity index (χ1v) is 9.60. The van der Waals surface area contributed by atoms with Crippen molar-refractivity contribution < 1.29 is 14.6 Å². The van der Waals surface area contributed by atoms with Crippen molar-refractivity contribution in [3.05, 3.63) is 17.8 Å². The van der Waals surface area contributed by atoms with Crippen LogP contribution in [0.3, 0.4) is 0 Å². The number of carbonyl (C=O) groups is 1. The van der Waals surface area contributed by atoms with E-state index in [1.807, 2.05) is 28.7 Å². The molecule has 5 nitrogen and oxygen atoms in total. The fourth-order valence-electron chi connectivity index (χ4n) is 3.35. The third kappa shape index (κ3) is 3.65. The number of ether oxygens (including phenoxy) is 1.